The van der Waals surface area contributed by atoms with Gasteiger partial charge in [0.25, 0.3) is 0 Å². The van der Waals surface area contributed by atoms with Gasteiger partial charge in [-0.2, -0.15) is 0 Å². The van der Waals surface area contributed by atoms with Crippen LogP contribution in [0.25, 0.3) is 0 Å². The first kappa shape index (κ1) is 10.6. The molecule has 14 heavy (non-hydrogen) atoms. The van der Waals surface area contributed by atoms with Gasteiger partial charge in [-0.15, -0.1) is 0 Å². The molecule has 78 valence electrons. The molecule has 0 fully saturated rings. The van der Waals surface area contributed by atoms with Crippen LogP contribution in [0.5, 0.6) is 5.75 Å². The quantitative estimate of drug-likeness (QED) is 0.653. The summed E-state index contributed by atoms with van der Waals surface area (Å²) in [6.45, 7) is 0. The predicted molar refractivity (Wildman–Crippen MR) is 56.1 cm³/mol. The minimum Gasteiger partial charge on any atom is -0.504 e. The number of benzene rings is 1. The SMILES string of the molecule is CNc1cccc(NS(C)(=O)=O)c1O. The van der Waals surface area contributed by atoms with Crippen LogP contribution in [0, 0.1) is 0 Å². The molecule has 0 amide bonds. The first-order chi connectivity index (χ1) is 6.44. The minimum atomic E-state index is -3.36. The Kier molecular flexibility index (Phi) is 2.85. The number of anilines is 2. The third-order valence-corrected chi connectivity index (χ3v) is 2.19. The minimum absolute atomic E-state index is 0.111. The van der Waals surface area contributed by atoms with Crippen molar-refractivity contribution in [3.8, 4) is 5.75 Å². The van der Waals surface area contributed by atoms with E-state index in [1.807, 2.05) is 0 Å². The highest BCUT2D eigenvalue weighted by molar-refractivity contribution is 7.92. The van der Waals surface area contributed by atoms with Crippen molar-refractivity contribution in [1.29, 1.82) is 0 Å². The molecule has 0 aliphatic rings. The van der Waals surface area contributed by atoms with Crippen molar-refractivity contribution in [2.75, 3.05) is 23.3 Å². The summed E-state index contributed by atoms with van der Waals surface area (Å²) in [6, 6.07) is 4.76. The van der Waals surface area contributed by atoms with Crippen LogP contribution < -0.4 is 10.0 Å². The molecule has 0 saturated heterocycles. The monoisotopic (exact) mass is 216 g/mol. The molecule has 0 radical (unpaired) electrons. The second kappa shape index (κ2) is 3.75. The maximum Gasteiger partial charge on any atom is 0.229 e. The fraction of sp³-hybridized carbons (Fsp3) is 0.250. The highest BCUT2D eigenvalue weighted by Crippen LogP contribution is 2.31. The Morgan fingerprint density at radius 3 is 2.36 bits per heavy atom. The Morgan fingerprint density at radius 2 is 1.86 bits per heavy atom. The number of hydrogen-bond donors (Lipinski definition) is 3. The zero-order valence-electron chi connectivity index (χ0n) is 7.90. The zero-order chi connectivity index (χ0) is 10.8. The van der Waals surface area contributed by atoms with Crippen molar-refractivity contribution in [3.05, 3.63) is 18.2 Å². The summed E-state index contributed by atoms with van der Waals surface area (Å²) in [6.07, 6.45) is 1.03. The lowest BCUT2D eigenvalue weighted by atomic mass is 10.2. The van der Waals surface area contributed by atoms with Crippen LogP contribution in [-0.2, 0) is 10.0 Å². The number of nitrogens with one attached hydrogen (secondary N) is 2. The summed E-state index contributed by atoms with van der Waals surface area (Å²) < 4.78 is 24.0. The predicted octanol–water partition coefficient (Wildman–Crippen LogP) is 0.805. The van der Waals surface area contributed by atoms with Gasteiger partial charge in [0.1, 0.15) is 0 Å². The molecule has 0 aliphatic carbocycles. The van der Waals surface area contributed by atoms with E-state index in [1.165, 1.54) is 6.07 Å². The molecule has 0 bridgehead atoms. The molecule has 0 unspecified atom stereocenters. The number of hydrogen-bond acceptors (Lipinski definition) is 4. The molecule has 1 aromatic rings. The maximum absolute atomic E-state index is 10.9. The number of aromatic hydroxyl groups is 1. The summed E-state index contributed by atoms with van der Waals surface area (Å²) >= 11 is 0. The molecule has 0 atom stereocenters. The lowest BCUT2D eigenvalue weighted by Crippen LogP contribution is -2.09. The third-order valence-electron chi connectivity index (χ3n) is 1.60. The van der Waals surface area contributed by atoms with Crippen molar-refractivity contribution >= 4 is 21.4 Å². The van der Waals surface area contributed by atoms with Gasteiger partial charge >= 0.3 is 0 Å². The molecular weight excluding hydrogens is 204 g/mol. The summed E-state index contributed by atoms with van der Waals surface area (Å²) in [5, 5.41) is 12.3. The van der Waals surface area contributed by atoms with Gasteiger partial charge < -0.3 is 10.4 Å². The average molecular weight is 216 g/mol. The smallest absolute Gasteiger partial charge is 0.229 e. The first-order valence-electron chi connectivity index (χ1n) is 3.91. The van der Waals surface area contributed by atoms with Gasteiger partial charge in [-0.25, -0.2) is 8.42 Å². The summed E-state index contributed by atoms with van der Waals surface area (Å²) in [5.74, 6) is -0.111. The largest absolute Gasteiger partial charge is 0.504 e. The summed E-state index contributed by atoms with van der Waals surface area (Å²) in [7, 11) is -1.72. The average Bonchev–Trinajstić information content (AvgIpc) is 2.06. The van der Waals surface area contributed by atoms with Crippen molar-refractivity contribution < 1.29 is 13.5 Å². The Morgan fingerprint density at radius 1 is 1.29 bits per heavy atom. The van der Waals surface area contributed by atoms with E-state index >= 15 is 0 Å². The fourth-order valence-corrected chi connectivity index (χ4v) is 1.59. The van der Waals surface area contributed by atoms with Gasteiger partial charge in [0.2, 0.25) is 10.0 Å². The lowest BCUT2D eigenvalue weighted by Gasteiger charge is -2.09. The number of phenols is 1. The Bertz CT molecular complexity index is 428. The van der Waals surface area contributed by atoms with Crippen LogP contribution in [0.15, 0.2) is 18.2 Å². The van der Waals surface area contributed by atoms with Gasteiger partial charge in [0.05, 0.1) is 17.6 Å². The highest BCUT2D eigenvalue weighted by Gasteiger charge is 2.09. The van der Waals surface area contributed by atoms with Gasteiger partial charge in [-0.05, 0) is 12.1 Å². The topological polar surface area (TPSA) is 78.4 Å². The number of para-hydroxylation sites is 1. The molecule has 0 spiro atoms. The van der Waals surface area contributed by atoms with Gasteiger partial charge in [0, 0.05) is 7.05 Å². The highest BCUT2D eigenvalue weighted by atomic mass is 32.2. The van der Waals surface area contributed by atoms with E-state index < -0.39 is 10.0 Å². The van der Waals surface area contributed by atoms with E-state index in [4.69, 9.17) is 0 Å². The van der Waals surface area contributed by atoms with Crippen LogP contribution >= 0.6 is 0 Å². The second-order valence-electron chi connectivity index (χ2n) is 2.83. The number of rotatable bonds is 3. The molecule has 1 rings (SSSR count). The van der Waals surface area contributed by atoms with E-state index in [1.54, 1.807) is 19.2 Å². The van der Waals surface area contributed by atoms with E-state index in [9.17, 15) is 13.5 Å². The van der Waals surface area contributed by atoms with E-state index in [-0.39, 0.29) is 11.4 Å². The molecule has 0 aliphatic heterocycles. The first-order valence-corrected chi connectivity index (χ1v) is 5.80. The van der Waals surface area contributed by atoms with Crippen LogP contribution in [0.4, 0.5) is 11.4 Å². The van der Waals surface area contributed by atoms with Gasteiger partial charge in [-0.1, -0.05) is 6.07 Å². The molecule has 5 nitrogen and oxygen atoms in total. The van der Waals surface area contributed by atoms with Crippen molar-refractivity contribution in [2.24, 2.45) is 0 Å². The number of sulfonamides is 1. The van der Waals surface area contributed by atoms with Crippen LogP contribution in [0.3, 0.4) is 0 Å². The Hall–Kier alpha value is -1.43. The van der Waals surface area contributed by atoms with E-state index in [0.29, 0.717) is 5.69 Å². The van der Waals surface area contributed by atoms with E-state index in [2.05, 4.69) is 10.0 Å². The molecule has 0 aromatic heterocycles. The summed E-state index contributed by atoms with van der Waals surface area (Å²) in [5.41, 5.74) is 0.637. The molecule has 0 heterocycles. The van der Waals surface area contributed by atoms with Crippen molar-refractivity contribution in [3.63, 3.8) is 0 Å². The van der Waals surface area contributed by atoms with Gasteiger partial charge in [-0.3, -0.25) is 4.72 Å². The van der Waals surface area contributed by atoms with Crippen LogP contribution in [-0.4, -0.2) is 26.8 Å². The van der Waals surface area contributed by atoms with Crippen LogP contribution in [0.2, 0.25) is 0 Å². The van der Waals surface area contributed by atoms with E-state index in [0.717, 1.165) is 6.26 Å². The zero-order valence-corrected chi connectivity index (χ0v) is 8.72. The standard InChI is InChI=1S/C8H12N2O3S/c1-9-6-4-3-5-7(8(6)11)10-14(2,12)13/h3-5,9-11H,1-2H3. The Labute approximate surface area is 82.8 Å². The Balaban J connectivity index is 3.10. The molecule has 0 saturated carbocycles. The molecular formula is C8H12N2O3S. The lowest BCUT2D eigenvalue weighted by molar-refractivity contribution is 0.480. The summed E-state index contributed by atoms with van der Waals surface area (Å²) in [4.78, 5) is 0. The third kappa shape index (κ3) is 2.53. The molecule has 6 heteroatoms. The van der Waals surface area contributed by atoms with Gasteiger partial charge in [0.15, 0.2) is 5.75 Å². The second-order valence-corrected chi connectivity index (χ2v) is 4.57. The molecule has 3 N–H and O–H groups in total. The molecule has 1 aromatic carbocycles. The van der Waals surface area contributed by atoms with Crippen LogP contribution in [0.1, 0.15) is 0 Å². The van der Waals surface area contributed by atoms with Crippen molar-refractivity contribution in [1.82, 2.24) is 0 Å². The normalized spacial score (nSPS) is 11.0. The number of phenolic OH excluding ortho intramolecular Hbond substituents is 1. The maximum atomic E-state index is 10.9. The van der Waals surface area contributed by atoms with Crippen molar-refractivity contribution in [2.45, 2.75) is 0 Å². The fourth-order valence-electron chi connectivity index (χ4n) is 1.03.